The highest BCUT2D eigenvalue weighted by Gasteiger charge is 2.21. The number of piperidine rings is 1. The molecule has 1 atom stereocenters. The Hall–Kier alpha value is -1.78. The molecular formula is C13H20N4O. The molecule has 18 heavy (non-hydrogen) atoms. The summed E-state index contributed by atoms with van der Waals surface area (Å²) in [7, 11) is 0. The third kappa shape index (κ3) is 3.35. The molecule has 1 aliphatic heterocycles. The lowest BCUT2D eigenvalue weighted by atomic mass is 10.1. The largest absolute Gasteiger partial charge is 0.384 e. The SMILES string of the molecule is CCCNc1cncc(NC2CCCNC2=O)c1. The van der Waals surface area contributed by atoms with Crippen LogP contribution in [-0.2, 0) is 4.79 Å². The minimum atomic E-state index is -0.137. The maximum absolute atomic E-state index is 11.6. The van der Waals surface area contributed by atoms with Gasteiger partial charge in [-0.15, -0.1) is 0 Å². The van der Waals surface area contributed by atoms with Gasteiger partial charge in [0.25, 0.3) is 0 Å². The number of pyridine rings is 1. The highest BCUT2D eigenvalue weighted by atomic mass is 16.2. The summed E-state index contributed by atoms with van der Waals surface area (Å²) in [5.41, 5.74) is 1.87. The molecule has 2 rings (SSSR count). The topological polar surface area (TPSA) is 66.1 Å². The summed E-state index contributed by atoms with van der Waals surface area (Å²) in [6.45, 7) is 3.83. The number of carbonyl (C=O) groups excluding carboxylic acids is 1. The fourth-order valence-corrected chi connectivity index (χ4v) is 2.00. The smallest absolute Gasteiger partial charge is 0.242 e. The summed E-state index contributed by atoms with van der Waals surface area (Å²) in [5, 5.41) is 9.38. The van der Waals surface area contributed by atoms with Gasteiger partial charge in [-0.05, 0) is 25.3 Å². The van der Waals surface area contributed by atoms with Crippen molar-refractivity contribution in [3.05, 3.63) is 18.5 Å². The van der Waals surface area contributed by atoms with Crippen molar-refractivity contribution in [2.75, 3.05) is 23.7 Å². The van der Waals surface area contributed by atoms with E-state index in [1.165, 1.54) is 0 Å². The molecule has 1 fully saturated rings. The van der Waals surface area contributed by atoms with Gasteiger partial charge in [-0.25, -0.2) is 0 Å². The zero-order chi connectivity index (χ0) is 12.8. The van der Waals surface area contributed by atoms with E-state index in [1.807, 2.05) is 6.07 Å². The predicted molar refractivity (Wildman–Crippen MR) is 72.7 cm³/mol. The molecule has 1 aromatic heterocycles. The quantitative estimate of drug-likeness (QED) is 0.740. The molecule has 1 saturated heterocycles. The molecule has 1 unspecified atom stereocenters. The second-order valence-corrected chi connectivity index (χ2v) is 4.52. The van der Waals surface area contributed by atoms with Crippen LogP contribution in [0.2, 0.25) is 0 Å². The Morgan fingerprint density at radius 1 is 1.44 bits per heavy atom. The van der Waals surface area contributed by atoms with Crippen LogP contribution in [0, 0.1) is 0 Å². The van der Waals surface area contributed by atoms with Gasteiger partial charge >= 0.3 is 0 Å². The minimum absolute atomic E-state index is 0.0770. The van der Waals surface area contributed by atoms with Gasteiger partial charge in [0.05, 0.1) is 23.8 Å². The van der Waals surface area contributed by atoms with Crippen LogP contribution in [0.25, 0.3) is 0 Å². The van der Waals surface area contributed by atoms with Crippen LogP contribution in [0.15, 0.2) is 18.5 Å². The zero-order valence-corrected chi connectivity index (χ0v) is 10.7. The third-order valence-electron chi connectivity index (χ3n) is 2.94. The van der Waals surface area contributed by atoms with Crippen molar-refractivity contribution in [2.24, 2.45) is 0 Å². The Labute approximate surface area is 107 Å². The van der Waals surface area contributed by atoms with E-state index in [9.17, 15) is 4.79 Å². The van der Waals surface area contributed by atoms with Crippen molar-refractivity contribution < 1.29 is 4.79 Å². The van der Waals surface area contributed by atoms with Crippen LogP contribution < -0.4 is 16.0 Å². The Balaban J connectivity index is 1.97. The van der Waals surface area contributed by atoms with E-state index in [1.54, 1.807) is 12.4 Å². The molecular weight excluding hydrogens is 228 g/mol. The normalized spacial score (nSPS) is 19.2. The van der Waals surface area contributed by atoms with Crippen molar-refractivity contribution in [1.29, 1.82) is 0 Å². The van der Waals surface area contributed by atoms with Gasteiger partial charge in [0.15, 0.2) is 0 Å². The van der Waals surface area contributed by atoms with Crippen LogP contribution in [0.4, 0.5) is 11.4 Å². The molecule has 0 bridgehead atoms. The lowest BCUT2D eigenvalue weighted by Gasteiger charge is -2.23. The fraction of sp³-hybridized carbons (Fsp3) is 0.538. The summed E-state index contributed by atoms with van der Waals surface area (Å²) in [4.78, 5) is 15.8. The number of hydrogen-bond donors (Lipinski definition) is 3. The molecule has 2 heterocycles. The van der Waals surface area contributed by atoms with Crippen LogP contribution in [0.1, 0.15) is 26.2 Å². The van der Waals surface area contributed by atoms with Gasteiger partial charge in [0.1, 0.15) is 6.04 Å². The average Bonchev–Trinajstić information content (AvgIpc) is 2.40. The van der Waals surface area contributed by atoms with E-state index in [2.05, 4.69) is 27.9 Å². The minimum Gasteiger partial charge on any atom is -0.384 e. The highest BCUT2D eigenvalue weighted by Crippen LogP contribution is 2.16. The molecule has 3 N–H and O–H groups in total. The molecule has 1 aliphatic rings. The number of aromatic nitrogens is 1. The van der Waals surface area contributed by atoms with Crippen molar-refractivity contribution in [1.82, 2.24) is 10.3 Å². The lowest BCUT2D eigenvalue weighted by molar-refractivity contribution is -0.123. The lowest BCUT2D eigenvalue weighted by Crippen LogP contribution is -2.44. The second-order valence-electron chi connectivity index (χ2n) is 4.52. The molecule has 0 spiro atoms. The molecule has 5 nitrogen and oxygen atoms in total. The molecule has 5 heteroatoms. The fourth-order valence-electron chi connectivity index (χ4n) is 2.00. The Morgan fingerprint density at radius 2 is 2.28 bits per heavy atom. The number of carbonyl (C=O) groups is 1. The van der Waals surface area contributed by atoms with Crippen molar-refractivity contribution in [2.45, 2.75) is 32.2 Å². The summed E-state index contributed by atoms with van der Waals surface area (Å²) in [6.07, 6.45) is 6.51. The van der Waals surface area contributed by atoms with Crippen LogP contribution >= 0.6 is 0 Å². The third-order valence-corrected chi connectivity index (χ3v) is 2.94. The molecule has 0 aromatic carbocycles. The van der Waals surface area contributed by atoms with E-state index in [-0.39, 0.29) is 11.9 Å². The highest BCUT2D eigenvalue weighted by molar-refractivity contribution is 5.85. The monoisotopic (exact) mass is 248 g/mol. The van der Waals surface area contributed by atoms with Gasteiger partial charge in [-0.3, -0.25) is 9.78 Å². The first kappa shape index (κ1) is 12.7. The first-order valence-electron chi connectivity index (χ1n) is 6.53. The van der Waals surface area contributed by atoms with Gasteiger partial charge in [0.2, 0.25) is 5.91 Å². The molecule has 1 aromatic rings. The predicted octanol–water partition coefficient (Wildman–Crippen LogP) is 1.59. The van der Waals surface area contributed by atoms with Gasteiger partial charge in [0, 0.05) is 13.1 Å². The number of nitrogens with zero attached hydrogens (tertiary/aromatic N) is 1. The number of hydrogen-bond acceptors (Lipinski definition) is 4. The second kappa shape index (κ2) is 6.23. The average molecular weight is 248 g/mol. The standard InChI is InChI=1S/C13H20N4O/c1-2-5-15-10-7-11(9-14-8-10)17-12-4-3-6-16-13(12)18/h7-9,12,15,17H,2-6H2,1H3,(H,16,18). The van der Waals surface area contributed by atoms with Crippen LogP contribution in [0.3, 0.4) is 0 Å². The van der Waals surface area contributed by atoms with E-state index >= 15 is 0 Å². The number of anilines is 2. The summed E-state index contributed by atoms with van der Waals surface area (Å²) >= 11 is 0. The van der Waals surface area contributed by atoms with Gasteiger partial charge < -0.3 is 16.0 Å². The van der Waals surface area contributed by atoms with E-state index in [0.717, 1.165) is 43.7 Å². The van der Waals surface area contributed by atoms with Gasteiger partial charge in [-0.1, -0.05) is 6.92 Å². The summed E-state index contributed by atoms with van der Waals surface area (Å²) in [6, 6.07) is 1.85. The van der Waals surface area contributed by atoms with Gasteiger partial charge in [-0.2, -0.15) is 0 Å². The first-order valence-corrected chi connectivity index (χ1v) is 6.53. The first-order chi connectivity index (χ1) is 8.79. The molecule has 0 saturated carbocycles. The molecule has 1 amide bonds. The van der Waals surface area contributed by atoms with Crippen molar-refractivity contribution in [3.63, 3.8) is 0 Å². The molecule has 0 radical (unpaired) electrons. The maximum Gasteiger partial charge on any atom is 0.242 e. The molecule has 0 aliphatic carbocycles. The number of amides is 1. The van der Waals surface area contributed by atoms with E-state index in [4.69, 9.17) is 0 Å². The van der Waals surface area contributed by atoms with E-state index in [0.29, 0.717) is 0 Å². The summed E-state index contributed by atoms with van der Waals surface area (Å²) in [5.74, 6) is 0.0770. The summed E-state index contributed by atoms with van der Waals surface area (Å²) < 4.78 is 0. The number of nitrogens with one attached hydrogen (secondary N) is 3. The Morgan fingerprint density at radius 3 is 3.06 bits per heavy atom. The van der Waals surface area contributed by atoms with Crippen LogP contribution in [-0.4, -0.2) is 30.0 Å². The Kier molecular flexibility index (Phi) is 4.39. The van der Waals surface area contributed by atoms with E-state index < -0.39 is 0 Å². The van der Waals surface area contributed by atoms with Crippen molar-refractivity contribution >= 4 is 17.3 Å². The number of rotatable bonds is 5. The Bertz CT molecular complexity index is 408. The maximum atomic E-state index is 11.6. The zero-order valence-electron chi connectivity index (χ0n) is 10.7. The van der Waals surface area contributed by atoms with Crippen LogP contribution in [0.5, 0.6) is 0 Å². The molecule has 98 valence electrons. The van der Waals surface area contributed by atoms with Crippen molar-refractivity contribution in [3.8, 4) is 0 Å².